The Morgan fingerprint density at radius 1 is 0.875 bits per heavy atom. The standard InChI is InChI=1S/C25H24N2O5/c26-24(28)17-3-9-21(10-4-17)32-22-11-5-18(6-12-22)25(29)27-19-7-13-20(14-8-19)31-16-23-2-1-15-30-23/h3-14,23H,1-2,15-16H2,(H2,26,28)(H,27,29). The molecule has 4 rings (SSSR count). The van der Waals surface area contributed by atoms with E-state index in [-0.39, 0.29) is 12.0 Å². The molecule has 32 heavy (non-hydrogen) atoms. The van der Waals surface area contributed by atoms with Gasteiger partial charge < -0.3 is 25.3 Å². The summed E-state index contributed by atoms with van der Waals surface area (Å²) < 4.78 is 17.0. The fourth-order valence-electron chi connectivity index (χ4n) is 3.30. The zero-order valence-electron chi connectivity index (χ0n) is 17.5. The molecule has 1 aliphatic rings. The second-order valence-electron chi connectivity index (χ2n) is 7.44. The minimum atomic E-state index is -0.493. The second-order valence-corrected chi connectivity index (χ2v) is 7.44. The van der Waals surface area contributed by atoms with Gasteiger partial charge in [0, 0.05) is 23.4 Å². The van der Waals surface area contributed by atoms with Crippen molar-refractivity contribution < 1.29 is 23.8 Å². The number of carbonyl (C=O) groups excluding carboxylic acids is 2. The number of nitrogens with two attached hydrogens (primary N) is 1. The average molecular weight is 432 g/mol. The van der Waals surface area contributed by atoms with Gasteiger partial charge in [0.05, 0.1) is 6.10 Å². The maximum Gasteiger partial charge on any atom is 0.255 e. The maximum absolute atomic E-state index is 12.5. The van der Waals surface area contributed by atoms with Crippen LogP contribution < -0.4 is 20.5 Å². The van der Waals surface area contributed by atoms with E-state index in [0.29, 0.717) is 34.9 Å². The quantitative estimate of drug-likeness (QED) is 0.550. The Bertz CT molecular complexity index is 1060. The third-order valence-electron chi connectivity index (χ3n) is 5.06. The lowest BCUT2D eigenvalue weighted by Crippen LogP contribution is -2.16. The monoisotopic (exact) mass is 432 g/mol. The number of amides is 2. The van der Waals surface area contributed by atoms with E-state index in [1.54, 1.807) is 60.7 Å². The van der Waals surface area contributed by atoms with Crippen molar-refractivity contribution in [3.05, 3.63) is 83.9 Å². The number of anilines is 1. The number of carbonyl (C=O) groups is 2. The molecule has 0 bridgehead atoms. The normalized spacial score (nSPS) is 15.2. The molecular formula is C25H24N2O5. The van der Waals surface area contributed by atoms with Crippen molar-refractivity contribution in [1.82, 2.24) is 0 Å². The number of ether oxygens (including phenoxy) is 3. The number of nitrogens with one attached hydrogen (secondary N) is 1. The van der Waals surface area contributed by atoms with Gasteiger partial charge in [0.1, 0.15) is 23.9 Å². The molecule has 0 aromatic heterocycles. The van der Waals surface area contributed by atoms with Crippen LogP contribution in [0.25, 0.3) is 0 Å². The van der Waals surface area contributed by atoms with Crippen molar-refractivity contribution in [2.45, 2.75) is 18.9 Å². The van der Waals surface area contributed by atoms with E-state index in [1.165, 1.54) is 0 Å². The molecule has 1 heterocycles. The molecule has 3 aromatic rings. The van der Waals surface area contributed by atoms with Crippen LogP contribution in [-0.2, 0) is 4.74 Å². The highest BCUT2D eigenvalue weighted by Gasteiger charge is 2.16. The molecule has 0 saturated carbocycles. The molecule has 1 saturated heterocycles. The Morgan fingerprint density at radius 3 is 2.03 bits per heavy atom. The zero-order chi connectivity index (χ0) is 22.3. The molecule has 3 aromatic carbocycles. The highest BCUT2D eigenvalue weighted by atomic mass is 16.5. The molecular weight excluding hydrogens is 408 g/mol. The molecule has 164 valence electrons. The van der Waals surface area contributed by atoms with Crippen LogP contribution in [-0.4, -0.2) is 31.1 Å². The van der Waals surface area contributed by atoms with Crippen LogP contribution in [0.2, 0.25) is 0 Å². The predicted molar refractivity (Wildman–Crippen MR) is 120 cm³/mol. The fraction of sp³-hybridized carbons (Fsp3) is 0.200. The Morgan fingerprint density at radius 2 is 1.47 bits per heavy atom. The molecule has 1 fully saturated rings. The molecule has 2 amide bonds. The molecule has 0 spiro atoms. The van der Waals surface area contributed by atoms with E-state index >= 15 is 0 Å². The number of benzene rings is 3. The lowest BCUT2D eigenvalue weighted by molar-refractivity contribution is 0.0679. The van der Waals surface area contributed by atoms with Gasteiger partial charge in [0.25, 0.3) is 5.91 Å². The predicted octanol–water partition coefficient (Wildman–Crippen LogP) is 4.39. The van der Waals surface area contributed by atoms with Crippen molar-refractivity contribution in [3.63, 3.8) is 0 Å². The van der Waals surface area contributed by atoms with Crippen LogP contribution in [0.1, 0.15) is 33.6 Å². The summed E-state index contributed by atoms with van der Waals surface area (Å²) >= 11 is 0. The number of rotatable bonds is 8. The van der Waals surface area contributed by atoms with E-state index in [0.717, 1.165) is 25.2 Å². The molecule has 0 radical (unpaired) electrons. The average Bonchev–Trinajstić information content (AvgIpc) is 3.33. The smallest absolute Gasteiger partial charge is 0.255 e. The number of hydrogen-bond acceptors (Lipinski definition) is 5. The zero-order valence-corrected chi connectivity index (χ0v) is 17.5. The van der Waals surface area contributed by atoms with E-state index in [1.807, 2.05) is 12.1 Å². The molecule has 0 aliphatic carbocycles. The molecule has 1 unspecified atom stereocenters. The van der Waals surface area contributed by atoms with Crippen LogP contribution in [0.15, 0.2) is 72.8 Å². The van der Waals surface area contributed by atoms with Crippen LogP contribution in [0, 0.1) is 0 Å². The van der Waals surface area contributed by atoms with Crippen LogP contribution in [0.5, 0.6) is 17.2 Å². The number of primary amides is 1. The Kier molecular flexibility index (Phi) is 6.67. The van der Waals surface area contributed by atoms with Gasteiger partial charge in [0.15, 0.2) is 0 Å². The Balaban J connectivity index is 1.29. The SMILES string of the molecule is NC(=O)c1ccc(Oc2ccc(C(=O)Nc3ccc(OCC4CCCO4)cc3)cc2)cc1. The highest BCUT2D eigenvalue weighted by Crippen LogP contribution is 2.23. The van der Waals surface area contributed by atoms with E-state index in [9.17, 15) is 9.59 Å². The largest absolute Gasteiger partial charge is 0.491 e. The molecule has 3 N–H and O–H groups in total. The van der Waals surface area contributed by atoms with Crippen LogP contribution >= 0.6 is 0 Å². The van der Waals surface area contributed by atoms with Gasteiger partial charge in [-0.05, 0) is 85.6 Å². The van der Waals surface area contributed by atoms with Gasteiger partial charge in [0.2, 0.25) is 5.91 Å². The van der Waals surface area contributed by atoms with Crippen molar-refractivity contribution in [2.75, 3.05) is 18.5 Å². The van der Waals surface area contributed by atoms with Crippen molar-refractivity contribution in [2.24, 2.45) is 5.73 Å². The van der Waals surface area contributed by atoms with E-state index in [4.69, 9.17) is 19.9 Å². The summed E-state index contributed by atoms with van der Waals surface area (Å²) in [6, 6.07) is 20.5. The lowest BCUT2D eigenvalue weighted by atomic mass is 10.2. The second kappa shape index (κ2) is 9.98. The Hall–Kier alpha value is -3.84. The summed E-state index contributed by atoms with van der Waals surface area (Å²) in [6.45, 7) is 1.34. The van der Waals surface area contributed by atoms with E-state index in [2.05, 4.69) is 5.32 Å². The third-order valence-corrected chi connectivity index (χ3v) is 5.06. The summed E-state index contributed by atoms with van der Waals surface area (Å²) in [7, 11) is 0. The summed E-state index contributed by atoms with van der Waals surface area (Å²) in [6.07, 6.45) is 2.27. The summed E-state index contributed by atoms with van der Waals surface area (Å²) in [5, 5.41) is 2.86. The molecule has 7 heteroatoms. The lowest BCUT2D eigenvalue weighted by Gasteiger charge is -2.12. The van der Waals surface area contributed by atoms with Crippen LogP contribution in [0.3, 0.4) is 0 Å². The first-order chi connectivity index (χ1) is 15.6. The molecule has 1 aliphatic heterocycles. The van der Waals surface area contributed by atoms with E-state index < -0.39 is 5.91 Å². The number of hydrogen-bond donors (Lipinski definition) is 2. The van der Waals surface area contributed by atoms with Gasteiger partial charge in [-0.1, -0.05) is 0 Å². The molecule has 7 nitrogen and oxygen atoms in total. The van der Waals surface area contributed by atoms with Gasteiger partial charge in [-0.2, -0.15) is 0 Å². The summed E-state index contributed by atoms with van der Waals surface area (Å²) in [5.41, 5.74) is 6.82. The first-order valence-corrected chi connectivity index (χ1v) is 10.4. The van der Waals surface area contributed by atoms with Gasteiger partial charge in [-0.15, -0.1) is 0 Å². The van der Waals surface area contributed by atoms with Crippen molar-refractivity contribution in [3.8, 4) is 17.2 Å². The van der Waals surface area contributed by atoms with Crippen molar-refractivity contribution >= 4 is 17.5 Å². The highest BCUT2D eigenvalue weighted by molar-refractivity contribution is 6.04. The van der Waals surface area contributed by atoms with Gasteiger partial charge in [-0.3, -0.25) is 9.59 Å². The van der Waals surface area contributed by atoms with Gasteiger partial charge in [-0.25, -0.2) is 0 Å². The minimum absolute atomic E-state index is 0.163. The molecule has 1 atom stereocenters. The Labute approximate surface area is 186 Å². The maximum atomic E-state index is 12.5. The minimum Gasteiger partial charge on any atom is -0.491 e. The van der Waals surface area contributed by atoms with Gasteiger partial charge >= 0.3 is 0 Å². The summed E-state index contributed by atoms with van der Waals surface area (Å²) in [4.78, 5) is 23.7. The third kappa shape index (κ3) is 5.65. The van der Waals surface area contributed by atoms with Crippen molar-refractivity contribution in [1.29, 1.82) is 0 Å². The topological polar surface area (TPSA) is 99.9 Å². The first-order valence-electron chi connectivity index (χ1n) is 10.4. The first kappa shape index (κ1) is 21.4. The summed E-state index contributed by atoms with van der Waals surface area (Å²) in [5.74, 6) is 1.15. The fourth-order valence-corrected chi connectivity index (χ4v) is 3.30. The van der Waals surface area contributed by atoms with Crippen LogP contribution in [0.4, 0.5) is 5.69 Å².